The van der Waals surface area contributed by atoms with Gasteiger partial charge in [-0.2, -0.15) is 0 Å². The van der Waals surface area contributed by atoms with Crippen LogP contribution in [0.15, 0.2) is 42.5 Å². The molecule has 0 saturated carbocycles. The van der Waals surface area contributed by atoms with Crippen molar-refractivity contribution in [3.05, 3.63) is 53.6 Å². The molecule has 5 heteroatoms. The Kier molecular flexibility index (Phi) is 7.33. The van der Waals surface area contributed by atoms with Crippen LogP contribution in [0.5, 0.6) is 23.0 Å². The van der Waals surface area contributed by atoms with Gasteiger partial charge in [-0.1, -0.05) is 18.1 Å². The second kappa shape index (κ2) is 9.93. The number of terminal acetylenes is 1. The van der Waals surface area contributed by atoms with E-state index in [2.05, 4.69) is 5.92 Å². The zero-order valence-corrected chi connectivity index (χ0v) is 15.7. The molecule has 0 fully saturated rings. The molecular weight excluding hydrogens is 344 g/mol. The summed E-state index contributed by atoms with van der Waals surface area (Å²) >= 11 is 0. The largest absolute Gasteiger partial charge is 0.493 e. The maximum Gasteiger partial charge on any atom is 0.185 e. The van der Waals surface area contributed by atoms with Gasteiger partial charge in [-0.25, -0.2) is 0 Å². The third-order valence-electron chi connectivity index (χ3n) is 3.67. The molecule has 0 aromatic heterocycles. The average molecular weight is 366 g/mol. The quantitative estimate of drug-likeness (QED) is 0.381. The van der Waals surface area contributed by atoms with Gasteiger partial charge in [-0.05, 0) is 48.9 Å². The van der Waals surface area contributed by atoms with Crippen LogP contribution in [0.1, 0.15) is 22.8 Å². The van der Waals surface area contributed by atoms with Crippen LogP contribution in [0.3, 0.4) is 0 Å². The van der Waals surface area contributed by atoms with Crippen molar-refractivity contribution in [3.8, 4) is 35.3 Å². The van der Waals surface area contributed by atoms with Crippen molar-refractivity contribution in [3.63, 3.8) is 0 Å². The second-order valence-electron chi connectivity index (χ2n) is 5.40. The van der Waals surface area contributed by atoms with Crippen molar-refractivity contribution in [2.45, 2.75) is 6.92 Å². The van der Waals surface area contributed by atoms with E-state index in [4.69, 9.17) is 25.4 Å². The third-order valence-corrected chi connectivity index (χ3v) is 3.67. The molecule has 0 N–H and O–H groups in total. The lowest BCUT2D eigenvalue weighted by Crippen LogP contribution is -1.99. The molecule has 2 aromatic rings. The fourth-order valence-electron chi connectivity index (χ4n) is 2.39. The van der Waals surface area contributed by atoms with Gasteiger partial charge in [0.1, 0.15) is 6.61 Å². The summed E-state index contributed by atoms with van der Waals surface area (Å²) in [7, 11) is 3.08. The number of benzene rings is 2. The standard InChI is InChI=1S/C22H22O5/c1-5-13-27-20-11-8-16(14-22(20)26-6-2)7-10-18(23)17-9-12-19(24-3)21(15-17)25-4/h1,7-12,14-15H,6,13H2,2-4H3. The Morgan fingerprint density at radius 2 is 1.74 bits per heavy atom. The number of methoxy groups -OCH3 is 2. The smallest absolute Gasteiger partial charge is 0.185 e. The lowest BCUT2D eigenvalue weighted by atomic mass is 10.1. The predicted octanol–water partition coefficient (Wildman–Crippen LogP) is 4.01. The summed E-state index contributed by atoms with van der Waals surface area (Å²) in [6.07, 6.45) is 8.43. The van der Waals surface area contributed by atoms with Gasteiger partial charge >= 0.3 is 0 Å². The molecule has 0 amide bonds. The fourth-order valence-corrected chi connectivity index (χ4v) is 2.39. The van der Waals surface area contributed by atoms with Crippen LogP contribution < -0.4 is 18.9 Å². The molecule has 2 rings (SSSR count). The van der Waals surface area contributed by atoms with E-state index in [1.165, 1.54) is 13.2 Å². The van der Waals surface area contributed by atoms with E-state index in [9.17, 15) is 4.79 Å². The highest BCUT2D eigenvalue weighted by Gasteiger charge is 2.09. The molecule has 0 spiro atoms. The summed E-state index contributed by atoms with van der Waals surface area (Å²) in [6.45, 7) is 2.53. The van der Waals surface area contributed by atoms with Crippen molar-refractivity contribution >= 4 is 11.9 Å². The highest BCUT2D eigenvalue weighted by molar-refractivity contribution is 6.07. The van der Waals surface area contributed by atoms with Crippen LogP contribution in [0.2, 0.25) is 0 Å². The number of ether oxygens (including phenoxy) is 4. The molecule has 2 aromatic carbocycles. The van der Waals surface area contributed by atoms with Gasteiger partial charge in [-0.3, -0.25) is 4.79 Å². The van der Waals surface area contributed by atoms with Crippen LogP contribution in [-0.4, -0.2) is 33.2 Å². The van der Waals surface area contributed by atoms with Gasteiger partial charge in [0, 0.05) is 5.56 Å². The summed E-state index contributed by atoms with van der Waals surface area (Å²) in [5.41, 5.74) is 1.31. The minimum absolute atomic E-state index is 0.151. The molecule has 0 aliphatic carbocycles. The normalized spacial score (nSPS) is 10.3. The maximum atomic E-state index is 12.4. The average Bonchev–Trinajstić information content (AvgIpc) is 2.70. The van der Waals surface area contributed by atoms with Crippen molar-refractivity contribution in [1.29, 1.82) is 0 Å². The Bertz CT molecular complexity index is 861. The summed E-state index contributed by atoms with van der Waals surface area (Å²) in [5, 5.41) is 0. The first kappa shape index (κ1) is 19.9. The molecule has 0 saturated heterocycles. The van der Waals surface area contributed by atoms with Gasteiger partial charge in [0.15, 0.2) is 28.8 Å². The van der Waals surface area contributed by atoms with Crippen LogP contribution >= 0.6 is 0 Å². The summed E-state index contributed by atoms with van der Waals surface area (Å²) in [4.78, 5) is 12.4. The Morgan fingerprint density at radius 1 is 1.00 bits per heavy atom. The van der Waals surface area contributed by atoms with Crippen LogP contribution in [0.25, 0.3) is 6.08 Å². The van der Waals surface area contributed by atoms with Crippen molar-refractivity contribution in [2.24, 2.45) is 0 Å². The Balaban J connectivity index is 2.20. The highest BCUT2D eigenvalue weighted by Crippen LogP contribution is 2.30. The molecule has 0 unspecified atom stereocenters. The Labute approximate surface area is 159 Å². The zero-order valence-electron chi connectivity index (χ0n) is 15.7. The number of rotatable bonds is 9. The SMILES string of the molecule is C#CCOc1ccc(C=CC(=O)c2ccc(OC)c(OC)c2)cc1OCC. The number of carbonyl (C=O) groups excluding carboxylic acids is 1. The highest BCUT2D eigenvalue weighted by atomic mass is 16.5. The monoisotopic (exact) mass is 366 g/mol. The molecule has 0 bridgehead atoms. The van der Waals surface area contributed by atoms with E-state index in [-0.39, 0.29) is 12.4 Å². The number of ketones is 1. The minimum atomic E-state index is -0.151. The van der Waals surface area contributed by atoms with E-state index in [1.54, 1.807) is 43.5 Å². The zero-order chi connectivity index (χ0) is 19.6. The van der Waals surface area contributed by atoms with Crippen molar-refractivity contribution < 1.29 is 23.7 Å². The van der Waals surface area contributed by atoms with E-state index in [0.29, 0.717) is 35.2 Å². The first-order valence-corrected chi connectivity index (χ1v) is 8.40. The third kappa shape index (κ3) is 5.29. The van der Waals surface area contributed by atoms with Gasteiger partial charge in [0.25, 0.3) is 0 Å². The first-order chi connectivity index (χ1) is 13.1. The minimum Gasteiger partial charge on any atom is -0.493 e. The van der Waals surface area contributed by atoms with E-state index in [0.717, 1.165) is 5.56 Å². The van der Waals surface area contributed by atoms with E-state index >= 15 is 0 Å². The molecule has 27 heavy (non-hydrogen) atoms. The first-order valence-electron chi connectivity index (χ1n) is 8.40. The molecule has 0 aliphatic heterocycles. The second-order valence-corrected chi connectivity index (χ2v) is 5.40. The molecule has 0 aliphatic rings. The number of hydrogen-bond acceptors (Lipinski definition) is 5. The lowest BCUT2D eigenvalue weighted by Gasteiger charge is -2.11. The van der Waals surface area contributed by atoms with Crippen molar-refractivity contribution in [2.75, 3.05) is 27.4 Å². The van der Waals surface area contributed by atoms with Gasteiger partial charge in [0.05, 0.1) is 20.8 Å². The van der Waals surface area contributed by atoms with Crippen LogP contribution in [0, 0.1) is 12.3 Å². The van der Waals surface area contributed by atoms with E-state index in [1.807, 2.05) is 13.0 Å². The molecule has 5 nitrogen and oxygen atoms in total. The number of hydrogen-bond donors (Lipinski definition) is 0. The van der Waals surface area contributed by atoms with Gasteiger partial charge in [-0.15, -0.1) is 6.42 Å². The maximum absolute atomic E-state index is 12.4. The van der Waals surface area contributed by atoms with E-state index < -0.39 is 0 Å². The topological polar surface area (TPSA) is 54.0 Å². The fraction of sp³-hybridized carbons (Fsp3) is 0.227. The molecule has 0 atom stereocenters. The summed E-state index contributed by atoms with van der Waals surface area (Å²) in [6, 6.07) is 10.4. The Hall–Kier alpha value is -3.39. The molecule has 140 valence electrons. The number of carbonyl (C=O) groups is 1. The molecular formula is C22H22O5. The van der Waals surface area contributed by atoms with Crippen LogP contribution in [-0.2, 0) is 0 Å². The molecule has 0 heterocycles. The summed E-state index contributed by atoms with van der Waals surface area (Å²) < 4.78 is 21.5. The number of allylic oxidation sites excluding steroid dienone is 1. The predicted molar refractivity (Wildman–Crippen MR) is 105 cm³/mol. The Morgan fingerprint density at radius 3 is 2.41 bits per heavy atom. The van der Waals surface area contributed by atoms with Crippen LogP contribution in [0.4, 0.5) is 0 Å². The van der Waals surface area contributed by atoms with Crippen molar-refractivity contribution in [1.82, 2.24) is 0 Å². The summed E-state index contributed by atoms with van der Waals surface area (Å²) in [5.74, 6) is 4.49. The molecule has 0 radical (unpaired) electrons. The lowest BCUT2D eigenvalue weighted by molar-refractivity contribution is 0.104. The van der Waals surface area contributed by atoms with Gasteiger partial charge < -0.3 is 18.9 Å². The van der Waals surface area contributed by atoms with Gasteiger partial charge in [0.2, 0.25) is 0 Å².